The molecule has 0 aliphatic rings. The molecule has 0 saturated heterocycles. The molecule has 6 nitrogen and oxygen atoms in total. The second kappa shape index (κ2) is 13.7. The van der Waals surface area contributed by atoms with Crippen LogP contribution in [-0.4, -0.2) is 41.0 Å². The van der Waals surface area contributed by atoms with Gasteiger partial charge < -0.3 is 24.3 Å². The highest BCUT2D eigenvalue weighted by molar-refractivity contribution is 5.85. The number of hydrogen-bond acceptors (Lipinski definition) is 6. The van der Waals surface area contributed by atoms with Crippen molar-refractivity contribution in [1.82, 2.24) is 5.32 Å². The maximum atomic E-state index is 10.2. The van der Waals surface area contributed by atoms with Gasteiger partial charge in [0.15, 0.2) is 11.5 Å². The van der Waals surface area contributed by atoms with Crippen LogP contribution in [0.4, 0.5) is 0 Å². The first-order chi connectivity index (χ1) is 15.0. The molecular weight excluding hydrogens is 428 g/mol. The van der Waals surface area contributed by atoms with Crippen LogP contribution >= 0.6 is 12.4 Å². The summed E-state index contributed by atoms with van der Waals surface area (Å²) in [7, 11) is 4.76. The van der Waals surface area contributed by atoms with Crippen LogP contribution in [-0.2, 0) is 5.41 Å². The lowest BCUT2D eigenvalue weighted by Gasteiger charge is -2.32. The molecule has 0 heterocycles. The molecule has 0 aliphatic carbocycles. The quantitative estimate of drug-likeness (QED) is 0.422. The fourth-order valence-electron chi connectivity index (χ4n) is 3.73. The molecule has 1 atom stereocenters. The summed E-state index contributed by atoms with van der Waals surface area (Å²) in [6, 6.07) is 16.2. The van der Waals surface area contributed by atoms with Gasteiger partial charge in [-0.2, -0.15) is 5.26 Å². The molecule has 0 fully saturated rings. The fraction of sp³-hybridized carbons (Fsp3) is 0.480. The van der Waals surface area contributed by atoms with Gasteiger partial charge in [0.25, 0.3) is 0 Å². The van der Waals surface area contributed by atoms with Crippen molar-refractivity contribution in [3.63, 3.8) is 0 Å². The number of ether oxygens (including phenoxy) is 4. The van der Waals surface area contributed by atoms with Crippen molar-refractivity contribution in [2.75, 3.05) is 41.0 Å². The largest absolute Gasteiger partial charge is 0.493 e. The third kappa shape index (κ3) is 6.69. The molecule has 0 saturated carbocycles. The maximum absolute atomic E-state index is 10.2. The predicted octanol–water partition coefficient (Wildman–Crippen LogP) is 5.00. The minimum absolute atomic E-state index is 0. The summed E-state index contributed by atoms with van der Waals surface area (Å²) < 4.78 is 22.1. The second-order valence-electron chi connectivity index (χ2n) is 7.67. The number of halogens is 1. The molecule has 0 spiro atoms. The van der Waals surface area contributed by atoms with E-state index < -0.39 is 5.41 Å². The van der Waals surface area contributed by atoms with Crippen LogP contribution in [0.3, 0.4) is 0 Å². The summed E-state index contributed by atoms with van der Waals surface area (Å²) in [4.78, 5) is 0. The lowest BCUT2D eigenvalue weighted by molar-refractivity contribution is 0.307. The van der Waals surface area contributed by atoms with Gasteiger partial charge >= 0.3 is 0 Å². The molecule has 32 heavy (non-hydrogen) atoms. The van der Waals surface area contributed by atoms with Crippen LogP contribution in [0.5, 0.6) is 23.0 Å². The molecule has 0 aromatic heterocycles. The number of nitrogens with zero attached hydrogens (tertiary/aromatic N) is 1. The molecule has 176 valence electrons. The van der Waals surface area contributed by atoms with Gasteiger partial charge in [-0.3, -0.25) is 0 Å². The average molecular weight is 463 g/mol. The van der Waals surface area contributed by atoms with E-state index >= 15 is 0 Å². The third-order valence-corrected chi connectivity index (χ3v) is 5.58. The summed E-state index contributed by atoms with van der Waals surface area (Å²) in [6.45, 7) is 6.31. The first-order valence-electron chi connectivity index (χ1n) is 10.6. The molecule has 2 rings (SSSR count). The maximum Gasteiger partial charge on any atom is 0.203 e. The van der Waals surface area contributed by atoms with Gasteiger partial charge in [-0.15, -0.1) is 12.4 Å². The first kappa shape index (κ1) is 27.4. The van der Waals surface area contributed by atoms with E-state index in [-0.39, 0.29) is 18.3 Å². The number of para-hydroxylation sites is 1. The number of hydrogen-bond donors (Lipinski definition) is 1. The zero-order valence-electron chi connectivity index (χ0n) is 19.6. The van der Waals surface area contributed by atoms with E-state index in [9.17, 15) is 5.26 Å². The molecule has 0 bridgehead atoms. The molecular formula is C25H35ClN2O4. The van der Waals surface area contributed by atoms with Crippen LogP contribution in [0.1, 0.15) is 32.3 Å². The summed E-state index contributed by atoms with van der Waals surface area (Å²) in [5.41, 5.74) is 0.224. The molecule has 7 heteroatoms. The summed E-state index contributed by atoms with van der Waals surface area (Å²) in [5, 5.41) is 13.6. The Morgan fingerprint density at radius 3 is 2.09 bits per heavy atom. The molecule has 0 aliphatic heterocycles. The fourth-order valence-corrected chi connectivity index (χ4v) is 3.73. The van der Waals surface area contributed by atoms with Gasteiger partial charge in [0.05, 0.1) is 32.8 Å². The molecule has 0 amide bonds. The highest BCUT2D eigenvalue weighted by Crippen LogP contribution is 2.45. The van der Waals surface area contributed by atoms with E-state index in [0.717, 1.165) is 30.8 Å². The van der Waals surface area contributed by atoms with Crippen molar-refractivity contribution < 1.29 is 18.9 Å². The summed E-state index contributed by atoms with van der Waals surface area (Å²) in [6.07, 6.45) is 1.57. The number of rotatable bonds is 13. The van der Waals surface area contributed by atoms with Crippen LogP contribution in [0.25, 0.3) is 0 Å². The predicted molar refractivity (Wildman–Crippen MR) is 130 cm³/mol. The van der Waals surface area contributed by atoms with Crippen molar-refractivity contribution in [2.24, 2.45) is 5.92 Å². The van der Waals surface area contributed by atoms with E-state index in [0.29, 0.717) is 30.3 Å². The first-order valence-corrected chi connectivity index (χ1v) is 10.6. The van der Waals surface area contributed by atoms with Crippen molar-refractivity contribution in [1.29, 1.82) is 5.26 Å². The van der Waals surface area contributed by atoms with E-state index in [1.165, 1.54) is 0 Å². The Morgan fingerprint density at radius 2 is 1.59 bits per heavy atom. The summed E-state index contributed by atoms with van der Waals surface area (Å²) in [5.74, 6) is 2.64. The Hall–Kier alpha value is -2.62. The van der Waals surface area contributed by atoms with E-state index in [2.05, 4.69) is 25.2 Å². The minimum Gasteiger partial charge on any atom is -0.493 e. The minimum atomic E-state index is -0.658. The van der Waals surface area contributed by atoms with Gasteiger partial charge in [-0.1, -0.05) is 32.0 Å². The molecule has 1 N–H and O–H groups in total. The lowest BCUT2D eigenvalue weighted by atomic mass is 9.69. The van der Waals surface area contributed by atoms with Crippen molar-refractivity contribution in [2.45, 2.75) is 32.1 Å². The molecule has 2 aromatic rings. The van der Waals surface area contributed by atoms with Gasteiger partial charge in [-0.25, -0.2) is 0 Å². The van der Waals surface area contributed by atoms with Gasteiger partial charge in [0, 0.05) is 6.54 Å². The molecule has 2 aromatic carbocycles. The topological polar surface area (TPSA) is 72.7 Å². The van der Waals surface area contributed by atoms with Gasteiger partial charge in [0.2, 0.25) is 5.75 Å². The lowest BCUT2D eigenvalue weighted by Crippen LogP contribution is -2.32. The number of methoxy groups -OCH3 is 3. The smallest absolute Gasteiger partial charge is 0.203 e. The van der Waals surface area contributed by atoms with E-state index in [1.807, 2.05) is 42.5 Å². The van der Waals surface area contributed by atoms with Crippen LogP contribution in [0.15, 0.2) is 42.5 Å². The Labute approximate surface area is 198 Å². The van der Waals surface area contributed by atoms with E-state index in [1.54, 1.807) is 21.3 Å². The Balaban J connectivity index is 0.00000512. The van der Waals surface area contributed by atoms with Crippen molar-refractivity contribution in [3.05, 3.63) is 48.0 Å². The van der Waals surface area contributed by atoms with Crippen molar-refractivity contribution >= 4 is 12.4 Å². The van der Waals surface area contributed by atoms with Gasteiger partial charge in [0.1, 0.15) is 12.4 Å². The zero-order valence-corrected chi connectivity index (χ0v) is 20.5. The average Bonchev–Trinajstić information content (AvgIpc) is 2.80. The standard InChI is InChI=1S/C25H34N2O4.ClH/c1-19(2)25(18-26,20-16-22(28-3)24(30-5)23(17-20)29-4)12-9-13-27-14-15-31-21-10-7-6-8-11-21;/h6-8,10-11,16-17,19,27H,9,12-15H2,1-5H3;1H. The number of benzene rings is 2. The van der Waals surface area contributed by atoms with Crippen molar-refractivity contribution in [3.8, 4) is 29.1 Å². The van der Waals surface area contributed by atoms with E-state index in [4.69, 9.17) is 18.9 Å². The third-order valence-electron chi connectivity index (χ3n) is 5.58. The highest BCUT2D eigenvalue weighted by atomic mass is 35.5. The van der Waals surface area contributed by atoms with Crippen LogP contribution < -0.4 is 24.3 Å². The second-order valence-corrected chi connectivity index (χ2v) is 7.67. The van der Waals surface area contributed by atoms with Gasteiger partial charge in [-0.05, 0) is 55.1 Å². The Morgan fingerprint density at radius 1 is 0.969 bits per heavy atom. The summed E-state index contributed by atoms with van der Waals surface area (Å²) >= 11 is 0. The SMILES string of the molecule is COc1cc(C(C#N)(CCCNCCOc2ccccc2)C(C)C)cc(OC)c1OC.Cl. The Bertz CT molecular complexity index is 830. The molecule has 0 radical (unpaired) electrons. The zero-order chi connectivity index (χ0) is 22.7. The number of nitriles is 1. The number of nitrogens with one attached hydrogen (secondary N) is 1. The monoisotopic (exact) mass is 462 g/mol. The highest BCUT2D eigenvalue weighted by Gasteiger charge is 2.37. The van der Waals surface area contributed by atoms with Crippen LogP contribution in [0, 0.1) is 17.2 Å². The molecule has 1 unspecified atom stereocenters. The van der Waals surface area contributed by atoms with Crippen LogP contribution in [0.2, 0.25) is 0 Å². The Kier molecular flexibility index (Phi) is 11.8. The normalized spacial score (nSPS) is 12.3.